The van der Waals surface area contributed by atoms with Gasteiger partial charge in [-0.05, 0) is 37.1 Å². The van der Waals surface area contributed by atoms with Crippen molar-refractivity contribution in [3.8, 4) is 11.5 Å². The Hall–Kier alpha value is -2.08. The van der Waals surface area contributed by atoms with Crippen LogP contribution in [-0.2, 0) is 6.42 Å². The van der Waals surface area contributed by atoms with E-state index in [0.717, 1.165) is 24.9 Å². The highest BCUT2D eigenvalue weighted by Crippen LogP contribution is 2.28. The fourth-order valence-electron chi connectivity index (χ4n) is 2.55. The van der Waals surface area contributed by atoms with Gasteiger partial charge in [-0.3, -0.25) is 0 Å². The molecule has 1 N–H and O–H groups in total. The molecular weight excluding hydrogens is 270 g/mol. The van der Waals surface area contributed by atoms with Crippen molar-refractivity contribution in [3.05, 3.63) is 35.5 Å². The number of methoxy groups -OCH3 is 2. The van der Waals surface area contributed by atoms with Crippen molar-refractivity contribution in [2.45, 2.75) is 25.3 Å². The second kappa shape index (κ2) is 6.13. The quantitative estimate of drug-likeness (QED) is 0.909. The average Bonchev–Trinajstić information content (AvgIpc) is 3.17. The van der Waals surface area contributed by atoms with E-state index in [1.54, 1.807) is 14.2 Å². The maximum absolute atomic E-state index is 5.34. The van der Waals surface area contributed by atoms with Gasteiger partial charge < -0.3 is 19.3 Å². The van der Waals surface area contributed by atoms with Gasteiger partial charge in [0, 0.05) is 6.42 Å². The van der Waals surface area contributed by atoms with Crippen LogP contribution in [0.5, 0.6) is 11.5 Å². The molecule has 0 spiro atoms. The Morgan fingerprint density at radius 1 is 1.29 bits per heavy atom. The van der Waals surface area contributed by atoms with Crippen LogP contribution in [0.25, 0.3) is 0 Å². The number of ether oxygens (including phenoxy) is 2. The number of nitrogens with zero attached hydrogens (tertiary/aromatic N) is 2. The molecule has 1 aliphatic rings. The summed E-state index contributed by atoms with van der Waals surface area (Å²) in [4.78, 5) is 4.47. The van der Waals surface area contributed by atoms with E-state index in [9.17, 15) is 0 Å². The molecule has 0 radical (unpaired) electrons. The van der Waals surface area contributed by atoms with Gasteiger partial charge in [-0.1, -0.05) is 11.2 Å². The topological polar surface area (TPSA) is 69.4 Å². The third-order valence-electron chi connectivity index (χ3n) is 3.65. The number of hydrogen-bond acceptors (Lipinski definition) is 6. The van der Waals surface area contributed by atoms with Gasteiger partial charge in [0.1, 0.15) is 0 Å². The summed E-state index contributed by atoms with van der Waals surface area (Å²) < 4.78 is 15.9. The van der Waals surface area contributed by atoms with Crippen molar-refractivity contribution in [2.24, 2.45) is 0 Å². The Morgan fingerprint density at radius 2 is 2.14 bits per heavy atom. The van der Waals surface area contributed by atoms with Gasteiger partial charge in [-0.2, -0.15) is 4.98 Å². The van der Waals surface area contributed by atoms with E-state index in [0.29, 0.717) is 29.6 Å². The first-order chi connectivity index (χ1) is 10.3. The Morgan fingerprint density at radius 3 is 2.86 bits per heavy atom. The first-order valence-electron chi connectivity index (χ1n) is 7.07. The van der Waals surface area contributed by atoms with Gasteiger partial charge in [-0.25, -0.2) is 0 Å². The van der Waals surface area contributed by atoms with Crippen LogP contribution >= 0.6 is 0 Å². The third-order valence-corrected chi connectivity index (χ3v) is 3.65. The molecule has 1 saturated heterocycles. The Kier molecular flexibility index (Phi) is 4.06. The average molecular weight is 289 g/mol. The SMILES string of the molecule is COc1ccc(Cc2noc([C@@H]3CCCN3)n2)cc1OC. The minimum absolute atomic E-state index is 0.205. The summed E-state index contributed by atoms with van der Waals surface area (Å²) in [6.45, 7) is 1.01. The molecule has 6 heteroatoms. The molecule has 1 aromatic heterocycles. The summed E-state index contributed by atoms with van der Waals surface area (Å²) in [5, 5.41) is 7.41. The molecule has 1 atom stereocenters. The third kappa shape index (κ3) is 3.00. The van der Waals surface area contributed by atoms with Gasteiger partial charge in [0.2, 0.25) is 5.89 Å². The van der Waals surface area contributed by atoms with Gasteiger partial charge >= 0.3 is 0 Å². The summed E-state index contributed by atoms with van der Waals surface area (Å²) in [5.74, 6) is 2.79. The summed E-state index contributed by atoms with van der Waals surface area (Å²) in [6.07, 6.45) is 2.81. The molecule has 1 fully saturated rings. The zero-order valence-corrected chi connectivity index (χ0v) is 12.3. The van der Waals surface area contributed by atoms with Crippen LogP contribution in [0.3, 0.4) is 0 Å². The Bertz CT molecular complexity index is 606. The maximum atomic E-state index is 5.34. The van der Waals surface area contributed by atoms with Gasteiger partial charge in [0.25, 0.3) is 0 Å². The zero-order chi connectivity index (χ0) is 14.7. The van der Waals surface area contributed by atoms with Crippen LogP contribution in [0.2, 0.25) is 0 Å². The highest BCUT2D eigenvalue weighted by molar-refractivity contribution is 5.43. The van der Waals surface area contributed by atoms with Crippen molar-refractivity contribution >= 4 is 0 Å². The predicted molar refractivity (Wildman–Crippen MR) is 76.6 cm³/mol. The number of hydrogen-bond donors (Lipinski definition) is 1. The molecule has 6 nitrogen and oxygen atoms in total. The van der Waals surface area contributed by atoms with E-state index >= 15 is 0 Å². The monoisotopic (exact) mass is 289 g/mol. The van der Waals surface area contributed by atoms with Crippen LogP contribution in [0, 0.1) is 0 Å². The second-order valence-corrected chi connectivity index (χ2v) is 5.06. The highest BCUT2D eigenvalue weighted by atomic mass is 16.5. The minimum atomic E-state index is 0.205. The van der Waals surface area contributed by atoms with Crippen molar-refractivity contribution < 1.29 is 14.0 Å². The van der Waals surface area contributed by atoms with Crippen molar-refractivity contribution in [2.75, 3.05) is 20.8 Å². The van der Waals surface area contributed by atoms with Crippen LogP contribution in [-0.4, -0.2) is 30.9 Å². The van der Waals surface area contributed by atoms with E-state index in [1.807, 2.05) is 18.2 Å². The van der Waals surface area contributed by atoms with Crippen LogP contribution in [0.15, 0.2) is 22.7 Å². The van der Waals surface area contributed by atoms with Gasteiger partial charge in [0.05, 0.1) is 20.3 Å². The van der Waals surface area contributed by atoms with Crippen LogP contribution < -0.4 is 14.8 Å². The first kappa shape index (κ1) is 13.9. The van der Waals surface area contributed by atoms with E-state index in [-0.39, 0.29) is 6.04 Å². The number of nitrogens with one attached hydrogen (secondary N) is 1. The summed E-state index contributed by atoms with van der Waals surface area (Å²) in [6, 6.07) is 6.00. The molecule has 21 heavy (non-hydrogen) atoms. The normalized spacial score (nSPS) is 17.9. The van der Waals surface area contributed by atoms with E-state index < -0.39 is 0 Å². The van der Waals surface area contributed by atoms with Crippen molar-refractivity contribution in [1.29, 1.82) is 0 Å². The molecule has 0 saturated carbocycles. The highest BCUT2D eigenvalue weighted by Gasteiger charge is 2.22. The molecule has 112 valence electrons. The van der Waals surface area contributed by atoms with E-state index in [4.69, 9.17) is 14.0 Å². The molecule has 0 bridgehead atoms. The van der Waals surface area contributed by atoms with Gasteiger partial charge in [0.15, 0.2) is 17.3 Å². The van der Waals surface area contributed by atoms with Gasteiger partial charge in [-0.15, -0.1) is 0 Å². The Balaban J connectivity index is 1.74. The minimum Gasteiger partial charge on any atom is -0.493 e. The largest absolute Gasteiger partial charge is 0.493 e. The lowest BCUT2D eigenvalue weighted by molar-refractivity contribution is 0.341. The summed E-state index contributed by atoms with van der Waals surface area (Å²) >= 11 is 0. The molecule has 0 aliphatic carbocycles. The van der Waals surface area contributed by atoms with Crippen LogP contribution in [0.4, 0.5) is 0 Å². The second-order valence-electron chi connectivity index (χ2n) is 5.06. The fourth-order valence-corrected chi connectivity index (χ4v) is 2.55. The molecule has 1 aliphatic heterocycles. The maximum Gasteiger partial charge on any atom is 0.243 e. The molecule has 0 unspecified atom stereocenters. The number of benzene rings is 1. The lowest BCUT2D eigenvalue weighted by atomic mass is 10.1. The Labute approximate surface area is 123 Å². The number of rotatable bonds is 5. The standard InChI is InChI=1S/C15H19N3O3/c1-19-12-6-5-10(8-13(12)20-2)9-14-17-15(21-18-14)11-4-3-7-16-11/h5-6,8,11,16H,3-4,7,9H2,1-2H3/t11-/m0/s1. The molecule has 2 aromatic rings. The van der Waals surface area contributed by atoms with Crippen LogP contribution in [0.1, 0.15) is 36.2 Å². The fraction of sp³-hybridized carbons (Fsp3) is 0.467. The van der Waals surface area contributed by atoms with Crippen molar-refractivity contribution in [1.82, 2.24) is 15.5 Å². The summed E-state index contributed by atoms with van der Waals surface area (Å²) in [7, 11) is 3.25. The predicted octanol–water partition coefficient (Wildman–Crippen LogP) is 2.10. The molecular formula is C15H19N3O3. The molecule has 3 rings (SSSR count). The molecule has 1 aromatic carbocycles. The molecule has 2 heterocycles. The zero-order valence-electron chi connectivity index (χ0n) is 12.3. The first-order valence-corrected chi connectivity index (χ1v) is 7.07. The summed E-state index contributed by atoms with van der Waals surface area (Å²) in [5.41, 5.74) is 1.05. The van der Waals surface area contributed by atoms with E-state index in [2.05, 4.69) is 15.5 Å². The number of aromatic nitrogens is 2. The molecule has 0 amide bonds. The smallest absolute Gasteiger partial charge is 0.243 e. The van der Waals surface area contributed by atoms with E-state index in [1.165, 1.54) is 0 Å². The van der Waals surface area contributed by atoms with Crippen molar-refractivity contribution in [3.63, 3.8) is 0 Å². The lowest BCUT2D eigenvalue weighted by Crippen LogP contribution is -2.13. The lowest BCUT2D eigenvalue weighted by Gasteiger charge is -2.08.